The van der Waals surface area contributed by atoms with Crippen LogP contribution >= 0.6 is 0 Å². The summed E-state index contributed by atoms with van der Waals surface area (Å²) in [6.45, 7) is 5.62. The number of aliphatic carboxylic acids is 1. The molecular weight excluding hydrogens is 346 g/mol. The van der Waals surface area contributed by atoms with Crippen molar-refractivity contribution < 1.29 is 9.90 Å². The van der Waals surface area contributed by atoms with E-state index in [1.807, 2.05) is 0 Å². The summed E-state index contributed by atoms with van der Waals surface area (Å²) in [6.07, 6.45) is 28.6. The number of carbonyl (C=O) groups is 1. The molecule has 0 bridgehead atoms. The molecule has 0 atom stereocenters. The average Bonchev–Trinajstić information content (AvgIpc) is 2.64. The van der Waals surface area contributed by atoms with Crippen molar-refractivity contribution in [2.24, 2.45) is 0 Å². The van der Waals surface area contributed by atoms with Crippen LogP contribution in [0.1, 0.15) is 84.5 Å². The van der Waals surface area contributed by atoms with E-state index >= 15 is 0 Å². The molecule has 162 valence electrons. The molecule has 28 heavy (non-hydrogen) atoms. The fourth-order valence-corrected chi connectivity index (χ4v) is 2.38. The molecule has 0 unspecified atom stereocenters. The molecule has 0 spiro atoms. The Morgan fingerprint density at radius 1 is 0.714 bits per heavy atom. The standard InChI is InChI=1S/C20H32O2.C5H13N/c1-2-3-4-5-6-7-8-9-10-11-12-13-14-15-16-17-18-19-20(21)22;1-4-5-6(2)3/h6-7,9-10,12-13,15-16H,2-5,8,11,14,17-19H2,1H3,(H,21,22);4-5H2,1-3H3/b7-6-,10-9-,13-12-,16-15-;. The highest BCUT2D eigenvalue weighted by atomic mass is 16.4. The van der Waals surface area contributed by atoms with Gasteiger partial charge in [-0.15, -0.1) is 0 Å². The van der Waals surface area contributed by atoms with E-state index in [1.165, 1.54) is 38.6 Å². The second-order valence-electron chi connectivity index (χ2n) is 7.18. The minimum absolute atomic E-state index is 0.262. The average molecular weight is 392 g/mol. The maximum absolute atomic E-state index is 10.3. The smallest absolute Gasteiger partial charge is 0.303 e. The predicted octanol–water partition coefficient (Wildman–Crippen LogP) is 7.17. The van der Waals surface area contributed by atoms with Gasteiger partial charge in [0.2, 0.25) is 0 Å². The monoisotopic (exact) mass is 391 g/mol. The summed E-state index contributed by atoms with van der Waals surface area (Å²) in [7, 11) is 4.17. The largest absolute Gasteiger partial charge is 0.481 e. The number of carboxylic acid groups (broad SMARTS) is 1. The Kier molecular flexibility index (Phi) is 25.9. The van der Waals surface area contributed by atoms with Gasteiger partial charge < -0.3 is 10.0 Å². The fourth-order valence-electron chi connectivity index (χ4n) is 2.38. The summed E-state index contributed by atoms with van der Waals surface area (Å²) in [6, 6.07) is 0. The van der Waals surface area contributed by atoms with Crippen LogP contribution in [0.5, 0.6) is 0 Å². The Labute approximate surface area is 174 Å². The van der Waals surface area contributed by atoms with Crippen LogP contribution in [-0.2, 0) is 4.79 Å². The van der Waals surface area contributed by atoms with Crippen molar-refractivity contribution in [3.8, 4) is 0 Å². The van der Waals surface area contributed by atoms with Crippen molar-refractivity contribution in [1.82, 2.24) is 4.90 Å². The van der Waals surface area contributed by atoms with Crippen molar-refractivity contribution in [3.63, 3.8) is 0 Å². The molecule has 0 aromatic carbocycles. The third kappa shape index (κ3) is 32.1. The first-order valence-electron chi connectivity index (χ1n) is 11.0. The van der Waals surface area contributed by atoms with Crippen LogP contribution in [-0.4, -0.2) is 36.6 Å². The van der Waals surface area contributed by atoms with Gasteiger partial charge in [-0.05, 0) is 72.0 Å². The summed E-state index contributed by atoms with van der Waals surface area (Å²) in [4.78, 5) is 12.5. The van der Waals surface area contributed by atoms with Crippen LogP contribution in [0, 0.1) is 0 Å². The highest BCUT2D eigenvalue weighted by molar-refractivity contribution is 5.66. The van der Waals surface area contributed by atoms with Crippen molar-refractivity contribution in [2.75, 3.05) is 20.6 Å². The zero-order chi connectivity index (χ0) is 21.3. The number of nitrogens with zero attached hydrogens (tertiary/aromatic N) is 1. The van der Waals surface area contributed by atoms with Crippen LogP contribution in [0.25, 0.3) is 0 Å². The molecule has 1 N–H and O–H groups in total. The molecule has 0 fully saturated rings. The summed E-state index contributed by atoms with van der Waals surface area (Å²) >= 11 is 0. The lowest BCUT2D eigenvalue weighted by molar-refractivity contribution is -0.137. The van der Waals surface area contributed by atoms with E-state index in [-0.39, 0.29) is 6.42 Å². The summed E-state index contributed by atoms with van der Waals surface area (Å²) < 4.78 is 0. The molecule has 3 heteroatoms. The lowest BCUT2D eigenvalue weighted by Gasteiger charge is -2.03. The first-order chi connectivity index (χ1) is 13.5. The van der Waals surface area contributed by atoms with Crippen LogP contribution in [0.15, 0.2) is 48.6 Å². The van der Waals surface area contributed by atoms with Crippen LogP contribution in [0.3, 0.4) is 0 Å². The molecular formula is C25H45NO2. The van der Waals surface area contributed by atoms with Crippen LogP contribution in [0.2, 0.25) is 0 Å². The minimum atomic E-state index is -0.712. The Balaban J connectivity index is 0. The predicted molar refractivity (Wildman–Crippen MR) is 125 cm³/mol. The first kappa shape index (κ1) is 28.6. The molecule has 0 aliphatic heterocycles. The van der Waals surface area contributed by atoms with Gasteiger partial charge in [0.05, 0.1) is 0 Å². The van der Waals surface area contributed by atoms with E-state index < -0.39 is 5.97 Å². The molecule has 0 rings (SSSR count). The SMILES string of the molecule is CCCCC/C=C\C/C=C\C/C=C\C/C=C\CCCC(=O)O.CCCN(C)C. The van der Waals surface area contributed by atoms with Gasteiger partial charge in [0.25, 0.3) is 0 Å². The molecule has 0 aliphatic rings. The summed E-state index contributed by atoms with van der Waals surface area (Å²) in [5, 5.41) is 8.49. The quantitative estimate of drug-likeness (QED) is 0.224. The second-order valence-corrected chi connectivity index (χ2v) is 7.18. The van der Waals surface area contributed by atoms with Gasteiger partial charge in [-0.1, -0.05) is 75.3 Å². The molecule has 0 saturated carbocycles. The second kappa shape index (κ2) is 25.4. The number of carboxylic acids is 1. The molecule has 3 nitrogen and oxygen atoms in total. The van der Waals surface area contributed by atoms with Crippen molar-refractivity contribution >= 4 is 5.97 Å². The Morgan fingerprint density at radius 3 is 1.54 bits per heavy atom. The number of allylic oxidation sites excluding steroid dienone is 8. The van der Waals surface area contributed by atoms with E-state index in [2.05, 4.69) is 81.5 Å². The van der Waals surface area contributed by atoms with Gasteiger partial charge in [0.1, 0.15) is 0 Å². The van der Waals surface area contributed by atoms with Gasteiger partial charge in [-0.25, -0.2) is 0 Å². The number of rotatable bonds is 16. The minimum Gasteiger partial charge on any atom is -0.481 e. The molecule has 0 aromatic rings. The van der Waals surface area contributed by atoms with E-state index in [0.717, 1.165) is 32.1 Å². The lowest BCUT2D eigenvalue weighted by Crippen LogP contribution is -2.11. The van der Waals surface area contributed by atoms with E-state index in [0.29, 0.717) is 0 Å². The number of hydrogen-bond acceptors (Lipinski definition) is 2. The van der Waals surface area contributed by atoms with E-state index in [1.54, 1.807) is 0 Å². The molecule has 0 heterocycles. The van der Waals surface area contributed by atoms with Crippen molar-refractivity contribution in [3.05, 3.63) is 48.6 Å². The molecule has 0 saturated heterocycles. The van der Waals surface area contributed by atoms with Crippen molar-refractivity contribution in [2.45, 2.75) is 84.5 Å². The summed E-state index contributed by atoms with van der Waals surface area (Å²) in [5.41, 5.74) is 0. The highest BCUT2D eigenvalue weighted by Crippen LogP contribution is 2.01. The van der Waals surface area contributed by atoms with Gasteiger partial charge in [-0.3, -0.25) is 4.79 Å². The van der Waals surface area contributed by atoms with Crippen LogP contribution < -0.4 is 0 Å². The fraction of sp³-hybridized carbons (Fsp3) is 0.640. The Bertz CT molecular complexity index is 434. The van der Waals surface area contributed by atoms with Gasteiger partial charge >= 0.3 is 5.97 Å². The third-order valence-corrected chi connectivity index (χ3v) is 3.89. The normalized spacial score (nSPS) is 11.9. The molecule has 0 amide bonds. The van der Waals surface area contributed by atoms with Crippen molar-refractivity contribution in [1.29, 1.82) is 0 Å². The first-order valence-corrected chi connectivity index (χ1v) is 11.0. The topological polar surface area (TPSA) is 40.5 Å². The third-order valence-electron chi connectivity index (χ3n) is 3.89. The maximum atomic E-state index is 10.3. The Hall–Kier alpha value is -1.61. The van der Waals surface area contributed by atoms with E-state index in [9.17, 15) is 4.79 Å². The number of hydrogen-bond donors (Lipinski definition) is 1. The van der Waals surface area contributed by atoms with Crippen LogP contribution in [0.4, 0.5) is 0 Å². The van der Waals surface area contributed by atoms with Gasteiger partial charge in [0, 0.05) is 6.42 Å². The molecule has 0 radical (unpaired) electrons. The lowest BCUT2D eigenvalue weighted by atomic mass is 10.2. The maximum Gasteiger partial charge on any atom is 0.303 e. The van der Waals surface area contributed by atoms with E-state index in [4.69, 9.17) is 5.11 Å². The van der Waals surface area contributed by atoms with Gasteiger partial charge in [0.15, 0.2) is 0 Å². The molecule has 0 aromatic heterocycles. The number of unbranched alkanes of at least 4 members (excludes halogenated alkanes) is 4. The molecule has 0 aliphatic carbocycles. The highest BCUT2D eigenvalue weighted by Gasteiger charge is 1.92. The summed E-state index contributed by atoms with van der Waals surface area (Å²) in [5.74, 6) is -0.712. The zero-order valence-electron chi connectivity index (χ0n) is 18.9. The zero-order valence-corrected chi connectivity index (χ0v) is 18.9. The Morgan fingerprint density at radius 2 is 1.18 bits per heavy atom. The van der Waals surface area contributed by atoms with Gasteiger partial charge in [-0.2, -0.15) is 0 Å².